The second kappa shape index (κ2) is 7.31. The summed E-state index contributed by atoms with van der Waals surface area (Å²) in [6.07, 6.45) is 2.03. The summed E-state index contributed by atoms with van der Waals surface area (Å²) >= 11 is 0. The molecule has 104 valence electrons. The zero-order chi connectivity index (χ0) is 13.6. The molecule has 0 aromatic carbocycles. The number of aliphatic hydroxyl groups is 1. The highest BCUT2D eigenvalue weighted by Gasteiger charge is 2.22. The number of hydrogen-bond acceptors (Lipinski definition) is 5. The fourth-order valence-electron chi connectivity index (χ4n) is 1.78. The normalized spacial score (nSPS) is 16.5. The van der Waals surface area contributed by atoms with Crippen LogP contribution < -0.4 is 5.73 Å². The fourth-order valence-corrected chi connectivity index (χ4v) is 2.40. The van der Waals surface area contributed by atoms with Gasteiger partial charge in [-0.25, -0.2) is 8.42 Å². The van der Waals surface area contributed by atoms with E-state index in [0.29, 0.717) is 12.5 Å². The van der Waals surface area contributed by atoms with Gasteiger partial charge in [0.15, 0.2) is 0 Å². The topological polar surface area (TPSA) is 83.6 Å². The Morgan fingerprint density at radius 2 is 1.88 bits per heavy atom. The first-order valence-corrected chi connectivity index (χ1v) is 7.97. The summed E-state index contributed by atoms with van der Waals surface area (Å²) in [4.78, 5) is 1.83. The molecule has 0 spiro atoms. The van der Waals surface area contributed by atoms with Crippen molar-refractivity contribution in [3.63, 3.8) is 0 Å². The summed E-state index contributed by atoms with van der Waals surface area (Å²) in [5, 5.41) is 9.34. The van der Waals surface area contributed by atoms with Crippen molar-refractivity contribution >= 4 is 9.84 Å². The Morgan fingerprint density at radius 1 is 1.35 bits per heavy atom. The van der Waals surface area contributed by atoms with Gasteiger partial charge in [0.25, 0.3) is 0 Å². The lowest BCUT2D eigenvalue weighted by Crippen LogP contribution is -2.50. The molecule has 3 N–H and O–H groups in total. The van der Waals surface area contributed by atoms with Gasteiger partial charge >= 0.3 is 0 Å². The predicted molar refractivity (Wildman–Crippen MR) is 70.6 cm³/mol. The Hall–Kier alpha value is -0.170. The van der Waals surface area contributed by atoms with E-state index in [2.05, 4.69) is 13.8 Å². The van der Waals surface area contributed by atoms with Gasteiger partial charge in [0.2, 0.25) is 0 Å². The molecule has 0 radical (unpaired) electrons. The summed E-state index contributed by atoms with van der Waals surface area (Å²) in [7, 11) is -1.18. The molecule has 0 saturated heterocycles. The number of nitrogens with two attached hydrogens (primary N) is 1. The van der Waals surface area contributed by atoms with Crippen LogP contribution in [0.4, 0.5) is 0 Å². The summed E-state index contributed by atoms with van der Waals surface area (Å²) in [6.45, 7) is 4.50. The lowest BCUT2D eigenvalue weighted by Gasteiger charge is -2.31. The number of sulfone groups is 1. The number of rotatable bonds is 8. The van der Waals surface area contributed by atoms with Crippen LogP contribution in [0.25, 0.3) is 0 Å². The van der Waals surface area contributed by atoms with E-state index in [0.717, 1.165) is 6.42 Å². The van der Waals surface area contributed by atoms with Crippen LogP contribution in [-0.2, 0) is 9.84 Å². The van der Waals surface area contributed by atoms with Gasteiger partial charge in [-0.1, -0.05) is 13.8 Å². The van der Waals surface area contributed by atoms with Crippen LogP contribution in [0.5, 0.6) is 0 Å². The maximum Gasteiger partial charge on any atom is 0.148 e. The number of likely N-dealkylation sites (N-methyl/N-ethyl adjacent to an activating group) is 1. The minimum absolute atomic E-state index is 0.0475. The second-order valence-corrected chi connectivity index (χ2v) is 7.41. The fraction of sp³-hybridized carbons (Fsp3) is 1.00. The first-order valence-electron chi connectivity index (χ1n) is 5.91. The maximum absolute atomic E-state index is 11.1. The highest BCUT2D eigenvalue weighted by atomic mass is 32.2. The van der Waals surface area contributed by atoms with Gasteiger partial charge in [-0.15, -0.1) is 0 Å². The minimum Gasteiger partial charge on any atom is -0.395 e. The molecule has 6 heteroatoms. The van der Waals surface area contributed by atoms with Crippen LogP contribution >= 0.6 is 0 Å². The monoisotopic (exact) mass is 266 g/mol. The minimum atomic E-state index is -2.97. The van der Waals surface area contributed by atoms with Crippen molar-refractivity contribution in [1.29, 1.82) is 0 Å². The third kappa shape index (κ3) is 7.70. The molecule has 0 aromatic heterocycles. The van der Waals surface area contributed by atoms with E-state index in [1.165, 1.54) is 6.26 Å². The molecule has 5 nitrogen and oxygen atoms in total. The molecular weight excluding hydrogens is 240 g/mol. The number of hydrogen-bond donors (Lipinski definition) is 2. The van der Waals surface area contributed by atoms with Crippen molar-refractivity contribution in [2.45, 2.75) is 32.4 Å². The summed E-state index contributed by atoms with van der Waals surface area (Å²) in [5.41, 5.74) is 6.02. The van der Waals surface area contributed by atoms with Crippen molar-refractivity contribution in [3.05, 3.63) is 0 Å². The number of aliphatic hydroxyl groups excluding tert-OH is 1. The molecule has 17 heavy (non-hydrogen) atoms. The van der Waals surface area contributed by atoms with Crippen LogP contribution in [0.2, 0.25) is 0 Å². The predicted octanol–water partition coefficient (Wildman–Crippen LogP) is -0.303. The van der Waals surface area contributed by atoms with Crippen molar-refractivity contribution < 1.29 is 13.5 Å². The third-order valence-corrected chi connectivity index (χ3v) is 3.73. The molecule has 0 aromatic rings. The lowest BCUT2D eigenvalue weighted by molar-refractivity contribution is 0.125. The third-order valence-electron chi connectivity index (χ3n) is 2.81. The Labute approximate surface area is 105 Å². The second-order valence-electron chi connectivity index (χ2n) is 5.15. The zero-order valence-corrected chi connectivity index (χ0v) is 12.1. The Kier molecular flexibility index (Phi) is 7.23. The summed E-state index contributed by atoms with van der Waals surface area (Å²) in [5.74, 6) is 0.552. The first-order chi connectivity index (χ1) is 7.67. The molecule has 2 unspecified atom stereocenters. The van der Waals surface area contributed by atoms with Crippen molar-refractivity contribution in [3.8, 4) is 0 Å². The van der Waals surface area contributed by atoms with Gasteiger partial charge in [-0.2, -0.15) is 0 Å². The molecule has 0 fully saturated rings. The van der Waals surface area contributed by atoms with Crippen molar-refractivity contribution in [1.82, 2.24) is 4.90 Å². The molecule has 0 saturated carbocycles. The van der Waals surface area contributed by atoms with Gasteiger partial charge in [0.05, 0.1) is 12.4 Å². The average Bonchev–Trinajstić information content (AvgIpc) is 2.13. The first kappa shape index (κ1) is 16.8. The molecule has 0 rings (SSSR count). The molecule has 0 aliphatic heterocycles. The van der Waals surface area contributed by atoms with Gasteiger partial charge in [0, 0.05) is 24.9 Å². The lowest BCUT2D eigenvalue weighted by atomic mass is 9.98. The molecular formula is C11H26N2O3S. The van der Waals surface area contributed by atoms with E-state index in [9.17, 15) is 13.5 Å². The molecule has 0 heterocycles. The van der Waals surface area contributed by atoms with Crippen LogP contribution in [0.1, 0.15) is 20.3 Å². The SMILES string of the molecule is CC(C)CC(N)C(CO)N(C)CCS(C)(=O)=O. The van der Waals surface area contributed by atoms with Crippen LogP contribution in [0, 0.1) is 5.92 Å². The van der Waals surface area contributed by atoms with Crippen molar-refractivity contribution in [2.75, 3.05) is 32.2 Å². The summed E-state index contributed by atoms with van der Waals surface area (Å²) in [6, 6.07) is -0.316. The zero-order valence-electron chi connectivity index (χ0n) is 11.3. The largest absolute Gasteiger partial charge is 0.395 e. The molecule has 2 atom stereocenters. The van der Waals surface area contributed by atoms with E-state index in [1.807, 2.05) is 4.90 Å². The van der Waals surface area contributed by atoms with E-state index >= 15 is 0 Å². The Balaban J connectivity index is 4.34. The average molecular weight is 266 g/mol. The molecule has 0 aliphatic carbocycles. The number of nitrogens with zero attached hydrogens (tertiary/aromatic N) is 1. The Bertz CT molecular complexity index is 304. The van der Waals surface area contributed by atoms with Crippen LogP contribution in [-0.4, -0.2) is 62.7 Å². The van der Waals surface area contributed by atoms with Gasteiger partial charge in [-0.05, 0) is 19.4 Å². The highest BCUT2D eigenvalue weighted by Crippen LogP contribution is 2.10. The summed E-state index contributed by atoms with van der Waals surface area (Å²) < 4.78 is 22.1. The smallest absolute Gasteiger partial charge is 0.148 e. The van der Waals surface area contributed by atoms with Gasteiger partial charge in [-0.3, -0.25) is 4.90 Å². The van der Waals surface area contributed by atoms with Gasteiger partial charge < -0.3 is 10.8 Å². The highest BCUT2D eigenvalue weighted by molar-refractivity contribution is 7.90. The van der Waals surface area contributed by atoms with Crippen molar-refractivity contribution in [2.24, 2.45) is 11.7 Å². The quantitative estimate of drug-likeness (QED) is 0.630. The maximum atomic E-state index is 11.1. The van der Waals surface area contributed by atoms with E-state index in [4.69, 9.17) is 5.73 Å². The van der Waals surface area contributed by atoms with Crippen LogP contribution in [0.15, 0.2) is 0 Å². The van der Waals surface area contributed by atoms with E-state index < -0.39 is 9.84 Å². The molecule has 0 amide bonds. The standard InChI is InChI=1S/C11H26N2O3S/c1-9(2)7-10(12)11(8-14)13(3)5-6-17(4,15)16/h9-11,14H,5-8,12H2,1-4H3. The van der Waals surface area contributed by atoms with Gasteiger partial charge in [0.1, 0.15) is 9.84 Å². The molecule has 0 bridgehead atoms. The van der Waals surface area contributed by atoms with E-state index in [1.54, 1.807) is 7.05 Å². The van der Waals surface area contributed by atoms with Crippen LogP contribution in [0.3, 0.4) is 0 Å². The Morgan fingerprint density at radius 3 is 2.24 bits per heavy atom. The molecule has 0 aliphatic rings. The van der Waals surface area contributed by atoms with E-state index in [-0.39, 0.29) is 24.4 Å².